The Labute approximate surface area is 138 Å². The quantitative estimate of drug-likeness (QED) is 0.571. The molecule has 0 aliphatic carbocycles. The standard InChI is InChI=1S/C17H30N4S/c1-2-3-11-21-12-5-4-7-15(21)14-20-17(18)19-10-9-16-8-6-13-22-16/h6,8,13,15H,2-5,7,9-12,14H2,1H3,(H3,18,19,20). The Morgan fingerprint density at radius 3 is 3.18 bits per heavy atom. The molecule has 0 radical (unpaired) electrons. The maximum absolute atomic E-state index is 6.00. The molecule has 2 rings (SSSR count). The van der Waals surface area contributed by atoms with Crippen LogP contribution in [0.3, 0.4) is 0 Å². The molecule has 1 fully saturated rings. The molecule has 1 aromatic heterocycles. The summed E-state index contributed by atoms with van der Waals surface area (Å²) in [6.07, 6.45) is 7.48. The van der Waals surface area contributed by atoms with Gasteiger partial charge in [0.25, 0.3) is 0 Å². The molecule has 1 atom stereocenters. The first-order valence-electron chi connectivity index (χ1n) is 8.60. The predicted octanol–water partition coefficient (Wildman–Crippen LogP) is 2.85. The van der Waals surface area contributed by atoms with Gasteiger partial charge >= 0.3 is 0 Å². The maximum atomic E-state index is 6.00. The summed E-state index contributed by atoms with van der Waals surface area (Å²) in [6, 6.07) is 4.83. The number of nitrogens with two attached hydrogens (primary N) is 1. The van der Waals surface area contributed by atoms with Gasteiger partial charge in [-0.25, -0.2) is 0 Å². The fourth-order valence-corrected chi connectivity index (χ4v) is 3.66. The minimum absolute atomic E-state index is 0.581. The largest absolute Gasteiger partial charge is 0.370 e. The van der Waals surface area contributed by atoms with Crippen molar-refractivity contribution >= 4 is 17.3 Å². The monoisotopic (exact) mass is 322 g/mol. The molecule has 5 heteroatoms. The third kappa shape index (κ3) is 5.97. The topological polar surface area (TPSA) is 53.6 Å². The van der Waals surface area contributed by atoms with Crippen LogP contribution in [0.25, 0.3) is 0 Å². The second kappa shape index (κ2) is 9.85. The first-order valence-corrected chi connectivity index (χ1v) is 9.47. The van der Waals surface area contributed by atoms with Crippen LogP contribution in [0.2, 0.25) is 0 Å². The van der Waals surface area contributed by atoms with Gasteiger partial charge < -0.3 is 11.1 Å². The summed E-state index contributed by atoms with van der Waals surface area (Å²) in [4.78, 5) is 8.56. The Hall–Kier alpha value is -1.07. The van der Waals surface area contributed by atoms with Crippen molar-refractivity contribution in [2.75, 3.05) is 26.2 Å². The molecule has 0 amide bonds. The van der Waals surface area contributed by atoms with Crippen molar-refractivity contribution in [1.29, 1.82) is 0 Å². The average molecular weight is 323 g/mol. The summed E-state index contributed by atoms with van der Waals surface area (Å²) in [5, 5.41) is 5.35. The zero-order chi connectivity index (χ0) is 15.6. The van der Waals surface area contributed by atoms with Crippen LogP contribution in [0.5, 0.6) is 0 Å². The van der Waals surface area contributed by atoms with Gasteiger partial charge in [0, 0.05) is 17.5 Å². The zero-order valence-corrected chi connectivity index (χ0v) is 14.6. The minimum atomic E-state index is 0.581. The molecular weight excluding hydrogens is 292 g/mol. The normalized spacial score (nSPS) is 20.2. The summed E-state index contributed by atoms with van der Waals surface area (Å²) in [7, 11) is 0. The van der Waals surface area contributed by atoms with E-state index in [-0.39, 0.29) is 0 Å². The Morgan fingerprint density at radius 1 is 1.50 bits per heavy atom. The van der Waals surface area contributed by atoms with Gasteiger partial charge in [0.1, 0.15) is 0 Å². The molecule has 0 aromatic carbocycles. The number of likely N-dealkylation sites (tertiary alicyclic amines) is 1. The first kappa shape index (κ1) is 17.3. The summed E-state index contributed by atoms with van der Waals surface area (Å²) >= 11 is 1.79. The maximum Gasteiger partial charge on any atom is 0.188 e. The Morgan fingerprint density at radius 2 is 2.41 bits per heavy atom. The van der Waals surface area contributed by atoms with Crippen LogP contribution in [-0.4, -0.2) is 43.1 Å². The average Bonchev–Trinajstić information content (AvgIpc) is 3.05. The number of nitrogens with one attached hydrogen (secondary N) is 1. The highest BCUT2D eigenvalue weighted by molar-refractivity contribution is 7.09. The summed E-state index contributed by atoms with van der Waals surface area (Å²) < 4.78 is 0. The van der Waals surface area contributed by atoms with E-state index in [1.54, 1.807) is 11.3 Å². The fourth-order valence-electron chi connectivity index (χ4n) is 2.95. The van der Waals surface area contributed by atoms with E-state index in [9.17, 15) is 0 Å². The van der Waals surface area contributed by atoms with Crippen LogP contribution in [-0.2, 0) is 6.42 Å². The van der Waals surface area contributed by atoms with E-state index in [2.05, 4.69) is 39.6 Å². The second-order valence-electron chi connectivity index (χ2n) is 6.02. The van der Waals surface area contributed by atoms with E-state index in [1.807, 2.05) is 0 Å². The number of hydrogen-bond donors (Lipinski definition) is 2. The molecule has 1 saturated heterocycles. The minimum Gasteiger partial charge on any atom is -0.370 e. The summed E-state index contributed by atoms with van der Waals surface area (Å²) in [5.41, 5.74) is 6.00. The van der Waals surface area contributed by atoms with Crippen molar-refractivity contribution in [3.63, 3.8) is 0 Å². The van der Waals surface area contributed by atoms with Gasteiger partial charge in [-0.05, 0) is 50.2 Å². The van der Waals surface area contributed by atoms with Crippen molar-refractivity contribution < 1.29 is 0 Å². The van der Waals surface area contributed by atoms with Crippen molar-refractivity contribution in [3.8, 4) is 0 Å². The van der Waals surface area contributed by atoms with Gasteiger partial charge in [-0.2, -0.15) is 0 Å². The first-order chi connectivity index (χ1) is 10.8. The summed E-state index contributed by atoms with van der Waals surface area (Å²) in [6.45, 7) is 6.39. The molecule has 2 heterocycles. The molecule has 1 unspecified atom stereocenters. The highest BCUT2D eigenvalue weighted by Crippen LogP contribution is 2.17. The third-order valence-corrected chi connectivity index (χ3v) is 5.21. The third-order valence-electron chi connectivity index (χ3n) is 4.28. The second-order valence-corrected chi connectivity index (χ2v) is 7.05. The Kier molecular flexibility index (Phi) is 7.74. The Bertz CT molecular complexity index is 430. The number of guanidine groups is 1. The SMILES string of the molecule is CCCCN1CCCCC1CN=C(N)NCCc1cccs1. The molecular formula is C17H30N4S. The Balaban J connectivity index is 1.70. The molecule has 1 aromatic rings. The van der Waals surface area contributed by atoms with Crippen LogP contribution in [0.15, 0.2) is 22.5 Å². The van der Waals surface area contributed by atoms with Gasteiger partial charge in [-0.3, -0.25) is 9.89 Å². The smallest absolute Gasteiger partial charge is 0.188 e. The van der Waals surface area contributed by atoms with Crippen LogP contribution in [0.4, 0.5) is 0 Å². The number of piperidine rings is 1. The highest BCUT2D eigenvalue weighted by Gasteiger charge is 2.21. The number of hydrogen-bond acceptors (Lipinski definition) is 3. The molecule has 1 aliphatic heterocycles. The number of thiophene rings is 1. The molecule has 124 valence electrons. The lowest BCUT2D eigenvalue weighted by Gasteiger charge is -2.34. The van der Waals surface area contributed by atoms with Crippen LogP contribution < -0.4 is 11.1 Å². The van der Waals surface area contributed by atoms with Crippen LogP contribution >= 0.6 is 11.3 Å². The van der Waals surface area contributed by atoms with Crippen molar-refractivity contribution in [1.82, 2.24) is 10.2 Å². The van der Waals surface area contributed by atoms with E-state index in [0.717, 1.165) is 19.5 Å². The van der Waals surface area contributed by atoms with Crippen LogP contribution in [0, 0.1) is 0 Å². The molecule has 0 saturated carbocycles. The van der Waals surface area contributed by atoms with Gasteiger partial charge in [0.15, 0.2) is 5.96 Å². The number of aliphatic imine (C=N–C) groups is 1. The van der Waals surface area contributed by atoms with Crippen molar-refractivity contribution in [2.45, 2.75) is 51.5 Å². The molecule has 0 bridgehead atoms. The molecule has 0 spiro atoms. The van der Waals surface area contributed by atoms with E-state index in [0.29, 0.717) is 12.0 Å². The molecule has 4 nitrogen and oxygen atoms in total. The number of unbranched alkanes of at least 4 members (excludes halogenated alkanes) is 1. The zero-order valence-electron chi connectivity index (χ0n) is 13.8. The summed E-state index contributed by atoms with van der Waals surface area (Å²) in [5.74, 6) is 0.595. The fraction of sp³-hybridized carbons (Fsp3) is 0.706. The lowest BCUT2D eigenvalue weighted by Crippen LogP contribution is -2.43. The van der Waals surface area contributed by atoms with E-state index < -0.39 is 0 Å². The molecule has 22 heavy (non-hydrogen) atoms. The van der Waals surface area contributed by atoms with Gasteiger partial charge in [-0.1, -0.05) is 25.8 Å². The lowest BCUT2D eigenvalue weighted by molar-refractivity contribution is 0.151. The van der Waals surface area contributed by atoms with E-state index in [4.69, 9.17) is 5.73 Å². The van der Waals surface area contributed by atoms with Crippen LogP contribution in [0.1, 0.15) is 43.9 Å². The number of nitrogens with zero attached hydrogens (tertiary/aromatic N) is 2. The van der Waals surface area contributed by atoms with Gasteiger partial charge in [0.2, 0.25) is 0 Å². The number of rotatable bonds is 8. The van der Waals surface area contributed by atoms with Crippen molar-refractivity contribution in [3.05, 3.63) is 22.4 Å². The predicted molar refractivity (Wildman–Crippen MR) is 96.6 cm³/mol. The van der Waals surface area contributed by atoms with Gasteiger partial charge in [-0.15, -0.1) is 11.3 Å². The molecule has 1 aliphatic rings. The highest BCUT2D eigenvalue weighted by atomic mass is 32.1. The van der Waals surface area contributed by atoms with Crippen molar-refractivity contribution in [2.24, 2.45) is 10.7 Å². The lowest BCUT2D eigenvalue weighted by atomic mass is 10.0. The van der Waals surface area contributed by atoms with E-state index in [1.165, 1.54) is 50.1 Å². The van der Waals surface area contributed by atoms with Gasteiger partial charge in [0.05, 0.1) is 6.54 Å². The van der Waals surface area contributed by atoms with E-state index >= 15 is 0 Å². The molecule has 3 N–H and O–H groups in total.